The maximum Gasteiger partial charge on any atom is 0.408 e. The number of ether oxygens (including phenoxy) is 2. The maximum atomic E-state index is 11.7. The van der Waals surface area contributed by atoms with Crippen molar-refractivity contribution in [2.75, 3.05) is 6.61 Å². The molecule has 22 heavy (non-hydrogen) atoms. The maximum absolute atomic E-state index is 11.7. The summed E-state index contributed by atoms with van der Waals surface area (Å²) in [4.78, 5) is 11.7. The summed E-state index contributed by atoms with van der Waals surface area (Å²) in [6.45, 7) is 9.35. The van der Waals surface area contributed by atoms with E-state index in [1.165, 1.54) is 0 Å². The first-order valence-electron chi connectivity index (χ1n) is 7.06. The highest BCUT2D eigenvalue weighted by Gasteiger charge is 2.19. The van der Waals surface area contributed by atoms with Crippen LogP contribution in [0.2, 0.25) is 0 Å². The molecule has 0 bridgehead atoms. The highest BCUT2D eigenvalue weighted by Crippen LogP contribution is 2.14. The van der Waals surface area contributed by atoms with E-state index in [9.17, 15) is 4.79 Å². The van der Waals surface area contributed by atoms with Gasteiger partial charge in [-0.2, -0.15) is 5.26 Å². The fourth-order valence-corrected chi connectivity index (χ4v) is 1.69. The molecule has 1 amide bonds. The van der Waals surface area contributed by atoms with Crippen LogP contribution >= 0.6 is 0 Å². The highest BCUT2D eigenvalue weighted by molar-refractivity contribution is 5.68. The summed E-state index contributed by atoms with van der Waals surface area (Å²) in [6, 6.07) is 8.78. The second-order valence-electron chi connectivity index (χ2n) is 5.78. The molecule has 0 aliphatic rings. The molecule has 0 aliphatic carbocycles. The minimum absolute atomic E-state index is 0.400. The molecule has 0 radical (unpaired) electrons. The lowest BCUT2D eigenvalue weighted by atomic mass is 10.1. The van der Waals surface area contributed by atoms with E-state index >= 15 is 0 Å². The first kappa shape index (κ1) is 17.6. The van der Waals surface area contributed by atoms with Crippen LogP contribution in [0.25, 0.3) is 0 Å². The van der Waals surface area contributed by atoms with Crippen LogP contribution in [0, 0.1) is 11.3 Å². The summed E-state index contributed by atoms with van der Waals surface area (Å²) in [6.07, 6.45) is 1.48. The predicted molar refractivity (Wildman–Crippen MR) is 84.6 cm³/mol. The summed E-state index contributed by atoms with van der Waals surface area (Å²) < 4.78 is 10.5. The summed E-state index contributed by atoms with van der Waals surface area (Å²) in [5.41, 5.74) is 0.336. The SMILES string of the molecule is C=CCOc1ccc(CC(C#N)NC(=O)OC(C)(C)C)cc1. The third-order valence-corrected chi connectivity index (χ3v) is 2.58. The zero-order valence-corrected chi connectivity index (χ0v) is 13.3. The van der Waals surface area contributed by atoms with Gasteiger partial charge in [-0.05, 0) is 38.5 Å². The molecule has 0 aromatic heterocycles. The number of benzene rings is 1. The van der Waals surface area contributed by atoms with Gasteiger partial charge in [0.15, 0.2) is 0 Å². The van der Waals surface area contributed by atoms with Crippen molar-refractivity contribution >= 4 is 6.09 Å². The van der Waals surface area contributed by atoms with Gasteiger partial charge in [0, 0.05) is 6.42 Å². The van der Waals surface area contributed by atoms with Crippen molar-refractivity contribution < 1.29 is 14.3 Å². The minimum Gasteiger partial charge on any atom is -0.490 e. The van der Waals surface area contributed by atoms with Crippen molar-refractivity contribution in [3.05, 3.63) is 42.5 Å². The van der Waals surface area contributed by atoms with Crippen LogP contribution < -0.4 is 10.1 Å². The summed E-state index contributed by atoms with van der Waals surface area (Å²) in [5.74, 6) is 0.734. The van der Waals surface area contributed by atoms with Crippen LogP contribution in [0.3, 0.4) is 0 Å². The van der Waals surface area contributed by atoms with Gasteiger partial charge in [-0.25, -0.2) is 4.79 Å². The smallest absolute Gasteiger partial charge is 0.408 e. The predicted octanol–water partition coefficient (Wildman–Crippen LogP) is 3.21. The Morgan fingerprint density at radius 3 is 2.55 bits per heavy atom. The number of hydrogen-bond acceptors (Lipinski definition) is 4. The van der Waals surface area contributed by atoms with Crippen LogP contribution in [0.5, 0.6) is 5.75 Å². The zero-order valence-electron chi connectivity index (χ0n) is 13.3. The molecule has 1 unspecified atom stereocenters. The van der Waals surface area contributed by atoms with E-state index in [4.69, 9.17) is 14.7 Å². The second-order valence-corrected chi connectivity index (χ2v) is 5.78. The molecule has 1 N–H and O–H groups in total. The molecule has 0 aliphatic heterocycles. The van der Waals surface area contributed by atoms with E-state index in [1.54, 1.807) is 26.8 Å². The van der Waals surface area contributed by atoms with Gasteiger partial charge in [-0.3, -0.25) is 0 Å². The molecule has 5 heteroatoms. The van der Waals surface area contributed by atoms with Crippen molar-refractivity contribution in [1.29, 1.82) is 5.26 Å². The quantitative estimate of drug-likeness (QED) is 0.819. The third kappa shape index (κ3) is 6.80. The van der Waals surface area contributed by atoms with Crippen molar-refractivity contribution in [2.24, 2.45) is 0 Å². The number of nitriles is 1. The zero-order chi connectivity index (χ0) is 16.6. The number of carbonyl (C=O) groups is 1. The lowest BCUT2D eigenvalue weighted by molar-refractivity contribution is 0.0516. The molecule has 0 spiro atoms. The topological polar surface area (TPSA) is 71.3 Å². The lowest BCUT2D eigenvalue weighted by Crippen LogP contribution is -2.39. The Morgan fingerprint density at radius 1 is 1.41 bits per heavy atom. The lowest BCUT2D eigenvalue weighted by Gasteiger charge is -2.21. The van der Waals surface area contributed by atoms with Crippen molar-refractivity contribution in [2.45, 2.75) is 38.8 Å². The number of nitrogens with one attached hydrogen (secondary N) is 1. The Morgan fingerprint density at radius 2 is 2.05 bits per heavy atom. The van der Waals surface area contributed by atoms with E-state index in [0.29, 0.717) is 13.0 Å². The summed E-state index contributed by atoms with van der Waals surface area (Å²) in [5, 5.41) is 11.7. The van der Waals surface area contributed by atoms with Gasteiger partial charge < -0.3 is 14.8 Å². The monoisotopic (exact) mass is 302 g/mol. The number of amides is 1. The van der Waals surface area contributed by atoms with Gasteiger partial charge in [0.1, 0.15) is 24.0 Å². The van der Waals surface area contributed by atoms with Gasteiger partial charge in [0.2, 0.25) is 0 Å². The van der Waals surface area contributed by atoms with E-state index in [2.05, 4.69) is 18.0 Å². The van der Waals surface area contributed by atoms with Gasteiger partial charge in [0.05, 0.1) is 6.07 Å². The van der Waals surface area contributed by atoms with Gasteiger partial charge >= 0.3 is 6.09 Å². The molecule has 1 atom stereocenters. The van der Waals surface area contributed by atoms with Crippen molar-refractivity contribution in [3.63, 3.8) is 0 Å². The average Bonchev–Trinajstić information content (AvgIpc) is 2.43. The van der Waals surface area contributed by atoms with Crippen LogP contribution in [-0.2, 0) is 11.2 Å². The first-order chi connectivity index (χ1) is 10.3. The fourth-order valence-electron chi connectivity index (χ4n) is 1.69. The largest absolute Gasteiger partial charge is 0.490 e. The van der Waals surface area contributed by atoms with E-state index in [0.717, 1.165) is 11.3 Å². The average molecular weight is 302 g/mol. The van der Waals surface area contributed by atoms with E-state index in [-0.39, 0.29) is 0 Å². The molecule has 118 valence electrons. The highest BCUT2D eigenvalue weighted by atomic mass is 16.6. The normalized spacial score (nSPS) is 11.9. The Hall–Kier alpha value is -2.48. The number of carbonyl (C=O) groups excluding carboxylic acids is 1. The molecule has 1 aromatic carbocycles. The van der Waals surface area contributed by atoms with Gasteiger partial charge in [-0.1, -0.05) is 24.8 Å². The van der Waals surface area contributed by atoms with E-state index < -0.39 is 17.7 Å². The van der Waals surface area contributed by atoms with Crippen molar-refractivity contribution in [1.82, 2.24) is 5.32 Å². The summed E-state index contributed by atoms with van der Waals surface area (Å²) >= 11 is 0. The molecular weight excluding hydrogens is 280 g/mol. The molecular formula is C17H22N2O3. The molecule has 1 aromatic rings. The molecule has 0 saturated heterocycles. The third-order valence-electron chi connectivity index (χ3n) is 2.58. The van der Waals surface area contributed by atoms with Crippen LogP contribution in [0.4, 0.5) is 4.79 Å². The van der Waals surface area contributed by atoms with Crippen LogP contribution in [0.15, 0.2) is 36.9 Å². The molecule has 0 saturated carbocycles. The standard InChI is InChI=1S/C17H22N2O3/c1-5-10-21-15-8-6-13(7-9-15)11-14(12-18)19-16(20)22-17(2,3)4/h5-9,14H,1,10-11H2,2-4H3,(H,19,20). The molecule has 1 rings (SSSR count). The van der Waals surface area contributed by atoms with Crippen LogP contribution in [-0.4, -0.2) is 24.3 Å². The Bertz CT molecular complexity index is 539. The first-order valence-corrected chi connectivity index (χ1v) is 7.06. The molecule has 0 heterocycles. The fraction of sp³-hybridized carbons (Fsp3) is 0.412. The van der Waals surface area contributed by atoms with Gasteiger partial charge in [0.25, 0.3) is 0 Å². The minimum atomic E-state index is -0.644. The van der Waals surface area contributed by atoms with E-state index in [1.807, 2.05) is 24.3 Å². The van der Waals surface area contributed by atoms with Crippen molar-refractivity contribution in [3.8, 4) is 11.8 Å². The summed E-state index contributed by atoms with van der Waals surface area (Å²) in [7, 11) is 0. The number of nitrogens with zero attached hydrogens (tertiary/aromatic N) is 1. The molecule has 0 fully saturated rings. The second kappa shape index (κ2) is 8.08. The number of rotatable bonds is 6. The Balaban J connectivity index is 2.57. The number of alkyl carbamates (subject to hydrolysis) is 1. The Labute approximate surface area is 131 Å². The Kier molecular flexibility index (Phi) is 6.46. The molecule has 5 nitrogen and oxygen atoms in total. The number of hydrogen-bond donors (Lipinski definition) is 1. The van der Waals surface area contributed by atoms with Crippen LogP contribution in [0.1, 0.15) is 26.3 Å². The van der Waals surface area contributed by atoms with Gasteiger partial charge in [-0.15, -0.1) is 0 Å².